The van der Waals surface area contributed by atoms with Gasteiger partial charge >= 0.3 is 5.97 Å². The zero-order chi connectivity index (χ0) is 16.6. The second kappa shape index (κ2) is 5.48. The third kappa shape index (κ3) is 2.80. The van der Waals surface area contributed by atoms with Crippen LogP contribution in [0.25, 0.3) is 11.0 Å². The normalized spacial score (nSPS) is 13.9. The minimum atomic E-state index is -1.67. The molecule has 0 aliphatic heterocycles. The van der Waals surface area contributed by atoms with E-state index in [-0.39, 0.29) is 17.7 Å². The highest BCUT2D eigenvalue weighted by Crippen LogP contribution is 2.34. The molecule has 1 aromatic carbocycles. The lowest BCUT2D eigenvalue weighted by molar-refractivity contribution is -0.136. The number of carboxylic acids is 1. The Morgan fingerprint density at radius 2 is 2.13 bits per heavy atom. The number of fused-ring (bicyclic) bond motifs is 1. The molecular formula is C17H14FNO4. The summed E-state index contributed by atoms with van der Waals surface area (Å²) in [5, 5.41) is 20.2. The van der Waals surface area contributed by atoms with Gasteiger partial charge in [0.25, 0.3) is 0 Å². The molecule has 2 heterocycles. The van der Waals surface area contributed by atoms with Crippen LogP contribution >= 0.6 is 0 Å². The molecule has 0 saturated heterocycles. The van der Waals surface area contributed by atoms with Crippen LogP contribution in [0.5, 0.6) is 0 Å². The number of nitrogens with zero attached hydrogens (tertiary/aromatic N) is 1. The fourth-order valence-corrected chi connectivity index (χ4v) is 2.52. The number of aliphatic carboxylic acids is 1. The van der Waals surface area contributed by atoms with Gasteiger partial charge in [0.05, 0.1) is 12.6 Å². The third-order valence-corrected chi connectivity index (χ3v) is 3.71. The van der Waals surface area contributed by atoms with E-state index < -0.39 is 17.4 Å². The lowest BCUT2D eigenvalue weighted by atomic mass is 9.93. The van der Waals surface area contributed by atoms with Crippen LogP contribution in [0.1, 0.15) is 23.8 Å². The van der Waals surface area contributed by atoms with Crippen molar-refractivity contribution >= 4 is 16.9 Å². The Morgan fingerprint density at radius 1 is 1.35 bits per heavy atom. The van der Waals surface area contributed by atoms with Gasteiger partial charge in [0.15, 0.2) is 0 Å². The molecule has 0 saturated carbocycles. The minimum absolute atomic E-state index is 0.0531. The molecule has 2 N–H and O–H groups in total. The SMILES string of the molecule is CC(O)(c1cc2cc(CC(=O)O)ccc2o1)c1ccncc1F. The van der Waals surface area contributed by atoms with E-state index in [9.17, 15) is 14.3 Å². The minimum Gasteiger partial charge on any atom is -0.481 e. The van der Waals surface area contributed by atoms with E-state index in [1.165, 1.54) is 19.2 Å². The number of hydrogen-bond donors (Lipinski definition) is 2. The molecule has 23 heavy (non-hydrogen) atoms. The molecule has 118 valence electrons. The molecule has 5 nitrogen and oxygen atoms in total. The van der Waals surface area contributed by atoms with Gasteiger partial charge in [-0.05, 0) is 36.8 Å². The number of hydrogen-bond acceptors (Lipinski definition) is 4. The van der Waals surface area contributed by atoms with Crippen molar-refractivity contribution in [2.24, 2.45) is 0 Å². The van der Waals surface area contributed by atoms with E-state index in [4.69, 9.17) is 9.52 Å². The quantitative estimate of drug-likeness (QED) is 0.773. The predicted molar refractivity (Wildman–Crippen MR) is 80.4 cm³/mol. The molecule has 1 unspecified atom stereocenters. The summed E-state index contributed by atoms with van der Waals surface area (Å²) in [7, 11) is 0. The highest BCUT2D eigenvalue weighted by Gasteiger charge is 2.32. The number of aromatic nitrogens is 1. The predicted octanol–water partition coefficient (Wildman–Crippen LogP) is 2.85. The largest absolute Gasteiger partial charge is 0.481 e. The lowest BCUT2D eigenvalue weighted by Crippen LogP contribution is -2.23. The Balaban J connectivity index is 2.06. The van der Waals surface area contributed by atoms with E-state index >= 15 is 0 Å². The first-order valence-electron chi connectivity index (χ1n) is 6.95. The summed E-state index contributed by atoms with van der Waals surface area (Å²) in [5.41, 5.74) is -0.507. The molecule has 0 aliphatic rings. The number of aliphatic hydroxyl groups is 1. The number of halogens is 1. The molecule has 1 atom stereocenters. The Bertz CT molecular complexity index is 885. The van der Waals surface area contributed by atoms with Gasteiger partial charge in [0.2, 0.25) is 0 Å². The van der Waals surface area contributed by atoms with Gasteiger partial charge < -0.3 is 14.6 Å². The molecule has 0 radical (unpaired) electrons. The fraction of sp³-hybridized carbons (Fsp3) is 0.176. The zero-order valence-corrected chi connectivity index (χ0v) is 12.3. The summed E-state index contributed by atoms with van der Waals surface area (Å²) in [6.07, 6.45) is 2.31. The van der Waals surface area contributed by atoms with Crippen molar-refractivity contribution in [3.8, 4) is 0 Å². The van der Waals surface area contributed by atoms with Gasteiger partial charge in [-0.25, -0.2) is 4.39 Å². The Hall–Kier alpha value is -2.73. The van der Waals surface area contributed by atoms with Gasteiger partial charge in [0.1, 0.15) is 22.8 Å². The van der Waals surface area contributed by atoms with Crippen LogP contribution in [0.15, 0.2) is 47.1 Å². The number of carbonyl (C=O) groups is 1. The van der Waals surface area contributed by atoms with Gasteiger partial charge in [-0.15, -0.1) is 0 Å². The van der Waals surface area contributed by atoms with Crippen molar-refractivity contribution in [2.45, 2.75) is 18.9 Å². The molecule has 2 aromatic heterocycles. The van der Waals surface area contributed by atoms with Crippen molar-refractivity contribution in [1.29, 1.82) is 0 Å². The summed E-state index contributed by atoms with van der Waals surface area (Å²) in [4.78, 5) is 14.4. The second-order valence-corrected chi connectivity index (χ2v) is 5.48. The average molecular weight is 315 g/mol. The second-order valence-electron chi connectivity index (χ2n) is 5.48. The molecule has 0 amide bonds. The van der Waals surface area contributed by atoms with Crippen molar-refractivity contribution in [3.05, 3.63) is 65.4 Å². The van der Waals surface area contributed by atoms with E-state index in [1.54, 1.807) is 24.3 Å². The number of furan rings is 1. The van der Waals surface area contributed by atoms with Crippen molar-refractivity contribution in [1.82, 2.24) is 4.98 Å². The Labute approximate surface area is 131 Å². The Morgan fingerprint density at radius 3 is 2.83 bits per heavy atom. The standard InChI is InChI=1S/C17H14FNO4/c1-17(22,12-4-5-19-9-13(12)18)15-8-11-6-10(7-16(20)21)2-3-14(11)23-15/h2-6,8-9,22H,7H2,1H3,(H,20,21). The van der Waals surface area contributed by atoms with Gasteiger partial charge in [-0.1, -0.05) is 6.07 Å². The first-order chi connectivity index (χ1) is 10.9. The molecule has 3 aromatic rings. The lowest BCUT2D eigenvalue weighted by Gasteiger charge is -2.21. The topological polar surface area (TPSA) is 83.6 Å². The summed E-state index contributed by atoms with van der Waals surface area (Å²) >= 11 is 0. The van der Waals surface area contributed by atoms with E-state index in [0.29, 0.717) is 16.5 Å². The molecule has 0 spiro atoms. The number of pyridine rings is 1. The molecular weight excluding hydrogens is 301 g/mol. The maximum absolute atomic E-state index is 13.9. The van der Waals surface area contributed by atoms with Crippen LogP contribution in [0.3, 0.4) is 0 Å². The summed E-state index contributed by atoms with van der Waals surface area (Å²) in [6.45, 7) is 1.43. The first kappa shape index (κ1) is 15.2. The fourth-order valence-electron chi connectivity index (χ4n) is 2.52. The summed E-state index contributed by atoms with van der Waals surface area (Å²) < 4.78 is 19.5. The van der Waals surface area contributed by atoms with Gasteiger partial charge in [-0.3, -0.25) is 9.78 Å². The van der Waals surface area contributed by atoms with E-state index in [2.05, 4.69) is 4.98 Å². The number of benzene rings is 1. The third-order valence-electron chi connectivity index (χ3n) is 3.71. The Kier molecular flexibility index (Phi) is 3.61. The average Bonchev–Trinajstić information content (AvgIpc) is 2.91. The van der Waals surface area contributed by atoms with Crippen LogP contribution in [-0.4, -0.2) is 21.2 Å². The smallest absolute Gasteiger partial charge is 0.307 e. The van der Waals surface area contributed by atoms with Crippen LogP contribution in [0.2, 0.25) is 0 Å². The molecule has 0 aliphatic carbocycles. The molecule has 6 heteroatoms. The molecule has 0 bridgehead atoms. The van der Waals surface area contributed by atoms with Crippen molar-refractivity contribution in [2.75, 3.05) is 0 Å². The molecule has 0 fully saturated rings. The van der Waals surface area contributed by atoms with Crippen LogP contribution in [0, 0.1) is 5.82 Å². The van der Waals surface area contributed by atoms with Crippen LogP contribution < -0.4 is 0 Å². The van der Waals surface area contributed by atoms with Gasteiger partial charge in [-0.2, -0.15) is 0 Å². The van der Waals surface area contributed by atoms with Gasteiger partial charge in [0, 0.05) is 17.1 Å². The van der Waals surface area contributed by atoms with Crippen LogP contribution in [0.4, 0.5) is 4.39 Å². The van der Waals surface area contributed by atoms with E-state index in [0.717, 1.165) is 6.20 Å². The van der Waals surface area contributed by atoms with Crippen molar-refractivity contribution in [3.63, 3.8) is 0 Å². The van der Waals surface area contributed by atoms with Crippen molar-refractivity contribution < 1.29 is 23.8 Å². The highest BCUT2D eigenvalue weighted by molar-refractivity contribution is 5.81. The summed E-state index contributed by atoms with van der Waals surface area (Å²) in [5.74, 6) is -1.39. The zero-order valence-electron chi connectivity index (χ0n) is 12.3. The maximum Gasteiger partial charge on any atom is 0.307 e. The molecule has 3 rings (SSSR count). The van der Waals surface area contributed by atoms with E-state index in [1.807, 2.05) is 0 Å². The number of rotatable bonds is 4. The maximum atomic E-state index is 13.9. The highest BCUT2D eigenvalue weighted by atomic mass is 19.1. The summed E-state index contributed by atoms with van der Waals surface area (Å²) in [6, 6.07) is 7.93. The van der Waals surface area contributed by atoms with Crippen LogP contribution in [-0.2, 0) is 16.8 Å². The first-order valence-corrected chi connectivity index (χ1v) is 6.95. The monoisotopic (exact) mass is 315 g/mol. The number of carboxylic acid groups (broad SMARTS) is 1.